The molecule has 18 heavy (non-hydrogen) atoms. The summed E-state index contributed by atoms with van der Waals surface area (Å²) in [6, 6.07) is 6.74. The number of anilines is 1. The van der Waals surface area contributed by atoms with Crippen LogP contribution in [0.5, 0.6) is 11.5 Å². The first-order valence-electron chi connectivity index (χ1n) is 5.16. The summed E-state index contributed by atoms with van der Waals surface area (Å²) in [7, 11) is 0. The summed E-state index contributed by atoms with van der Waals surface area (Å²) in [6.45, 7) is 1.72. The zero-order valence-electron chi connectivity index (χ0n) is 9.51. The molecule has 5 heteroatoms. The fraction of sp³-hybridized carbons (Fsp3) is 0.0769. The molecule has 94 valence electrons. The van der Waals surface area contributed by atoms with Crippen molar-refractivity contribution >= 4 is 21.6 Å². The molecule has 0 fully saturated rings. The highest BCUT2D eigenvalue weighted by Crippen LogP contribution is 2.33. The van der Waals surface area contributed by atoms with Gasteiger partial charge >= 0.3 is 0 Å². The number of hydrogen-bond acceptors (Lipinski definition) is 2. The third kappa shape index (κ3) is 2.61. The minimum Gasteiger partial charge on any atom is -0.455 e. The molecule has 0 atom stereocenters. The molecule has 0 unspecified atom stereocenters. The lowest BCUT2D eigenvalue weighted by Crippen LogP contribution is -1.95. The van der Waals surface area contributed by atoms with Crippen LogP contribution < -0.4 is 10.5 Å². The van der Waals surface area contributed by atoms with Gasteiger partial charge in [-0.1, -0.05) is 0 Å². The van der Waals surface area contributed by atoms with Crippen LogP contribution in [0.2, 0.25) is 0 Å². The Morgan fingerprint density at radius 3 is 2.50 bits per heavy atom. The molecule has 0 aliphatic heterocycles. The van der Waals surface area contributed by atoms with E-state index in [1.165, 1.54) is 24.3 Å². The Balaban J connectivity index is 2.37. The van der Waals surface area contributed by atoms with E-state index in [4.69, 9.17) is 10.5 Å². The molecule has 0 amide bonds. The summed E-state index contributed by atoms with van der Waals surface area (Å²) in [4.78, 5) is 0. The van der Waals surface area contributed by atoms with Crippen LogP contribution in [0.4, 0.5) is 14.5 Å². The second-order valence-electron chi connectivity index (χ2n) is 3.82. The Labute approximate surface area is 112 Å². The predicted octanol–water partition coefficient (Wildman–Crippen LogP) is 4.41. The van der Waals surface area contributed by atoms with Crippen LogP contribution in [0.3, 0.4) is 0 Å². The van der Waals surface area contributed by atoms with Crippen molar-refractivity contribution < 1.29 is 13.5 Å². The number of nitrogens with two attached hydrogens (primary N) is 1. The van der Waals surface area contributed by atoms with Gasteiger partial charge in [0.1, 0.15) is 17.4 Å². The fourth-order valence-corrected chi connectivity index (χ4v) is 1.80. The van der Waals surface area contributed by atoms with Crippen molar-refractivity contribution in [2.75, 3.05) is 5.73 Å². The molecule has 0 heterocycles. The third-order valence-corrected chi connectivity index (χ3v) is 3.02. The highest BCUT2D eigenvalue weighted by Gasteiger charge is 2.09. The zero-order chi connectivity index (χ0) is 13.3. The molecule has 0 aliphatic carbocycles. The maximum absolute atomic E-state index is 13.2. The van der Waals surface area contributed by atoms with Crippen molar-refractivity contribution in [2.45, 2.75) is 6.92 Å². The SMILES string of the molecule is Cc1cc(F)ccc1Oc1cc(Br)c(F)cc1N. The first kappa shape index (κ1) is 12.8. The van der Waals surface area contributed by atoms with Crippen LogP contribution in [-0.4, -0.2) is 0 Å². The first-order valence-corrected chi connectivity index (χ1v) is 5.95. The molecule has 0 aromatic heterocycles. The zero-order valence-corrected chi connectivity index (χ0v) is 11.1. The van der Waals surface area contributed by atoms with E-state index >= 15 is 0 Å². The molecule has 0 spiro atoms. The summed E-state index contributed by atoms with van der Waals surface area (Å²) in [5, 5.41) is 0. The Morgan fingerprint density at radius 1 is 1.11 bits per heavy atom. The van der Waals surface area contributed by atoms with Crippen molar-refractivity contribution in [2.24, 2.45) is 0 Å². The van der Waals surface area contributed by atoms with Crippen molar-refractivity contribution in [3.63, 3.8) is 0 Å². The van der Waals surface area contributed by atoms with Crippen molar-refractivity contribution in [3.8, 4) is 11.5 Å². The quantitative estimate of drug-likeness (QED) is 0.833. The van der Waals surface area contributed by atoms with Gasteiger partial charge < -0.3 is 10.5 Å². The average Bonchev–Trinajstić information content (AvgIpc) is 2.29. The van der Waals surface area contributed by atoms with Crippen LogP contribution in [0.15, 0.2) is 34.8 Å². The topological polar surface area (TPSA) is 35.2 Å². The van der Waals surface area contributed by atoms with Crippen LogP contribution in [0, 0.1) is 18.6 Å². The van der Waals surface area contributed by atoms with E-state index in [9.17, 15) is 8.78 Å². The highest BCUT2D eigenvalue weighted by molar-refractivity contribution is 9.10. The number of rotatable bonds is 2. The summed E-state index contributed by atoms with van der Waals surface area (Å²) >= 11 is 3.05. The Kier molecular flexibility index (Phi) is 3.52. The summed E-state index contributed by atoms with van der Waals surface area (Å²) < 4.78 is 31.9. The Morgan fingerprint density at radius 2 is 1.83 bits per heavy atom. The van der Waals surface area contributed by atoms with Gasteiger partial charge in [-0.2, -0.15) is 0 Å². The lowest BCUT2D eigenvalue weighted by Gasteiger charge is -2.11. The number of ether oxygens (including phenoxy) is 1. The van der Waals surface area contributed by atoms with Crippen LogP contribution >= 0.6 is 15.9 Å². The van der Waals surface area contributed by atoms with Crippen LogP contribution in [0.25, 0.3) is 0 Å². The van der Waals surface area contributed by atoms with Gasteiger partial charge in [-0.05, 0) is 46.6 Å². The molecule has 0 bridgehead atoms. The van der Waals surface area contributed by atoms with Crippen molar-refractivity contribution in [1.82, 2.24) is 0 Å². The average molecular weight is 314 g/mol. The molecule has 2 aromatic carbocycles. The van der Waals surface area contributed by atoms with Crippen molar-refractivity contribution in [3.05, 3.63) is 52.0 Å². The monoisotopic (exact) mass is 313 g/mol. The van der Waals surface area contributed by atoms with Gasteiger partial charge in [-0.25, -0.2) is 8.78 Å². The van der Waals surface area contributed by atoms with Gasteiger partial charge in [-0.3, -0.25) is 0 Å². The molecule has 0 aliphatic rings. The van der Waals surface area contributed by atoms with E-state index in [-0.39, 0.29) is 16.0 Å². The summed E-state index contributed by atoms with van der Waals surface area (Å²) in [5.74, 6) is -0.0108. The van der Waals surface area contributed by atoms with Crippen LogP contribution in [0.1, 0.15) is 5.56 Å². The molecular weight excluding hydrogens is 304 g/mol. The minimum absolute atomic E-state index is 0.180. The maximum Gasteiger partial charge on any atom is 0.151 e. The van der Waals surface area contributed by atoms with E-state index in [0.717, 1.165) is 6.07 Å². The second kappa shape index (κ2) is 4.94. The predicted molar refractivity (Wildman–Crippen MR) is 69.7 cm³/mol. The molecule has 0 saturated heterocycles. The number of nitrogen functional groups attached to an aromatic ring is 1. The first-order chi connectivity index (χ1) is 8.47. The lowest BCUT2D eigenvalue weighted by molar-refractivity contribution is 0.476. The fourth-order valence-electron chi connectivity index (χ4n) is 1.48. The second-order valence-corrected chi connectivity index (χ2v) is 4.67. The molecule has 2 rings (SSSR count). The lowest BCUT2D eigenvalue weighted by atomic mass is 10.2. The van der Waals surface area contributed by atoms with E-state index in [1.54, 1.807) is 6.92 Å². The Bertz CT molecular complexity index is 602. The van der Waals surface area contributed by atoms with Crippen LogP contribution in [-0.2, 0) is 0 Å². The maximum atomic E-state index is 13.2. The summed E-state index contributed by atoms with van der Waals surface area (Å²) in [6.07, 6.45) is 0. The third-order valence-electron chi connectivity index (χ3n) is 2.41. The molecule has 2 aromatic rings. The van der Waals surface area contributed by atoms with E-state index in [2.05, 4.69) is 15.9 Å². The van der Waals surface area contributed by atoms with Crippen molar-refractivity contribution in [1.29, 1.82) is 0 Å². The largest absolute Gasteiger partial charge is 0.455 e. The molecule has 0 radical (unpaired) electrons. The smallest absolute Gasteiger partial charge is 0.151 e. The number of benzene rings is 2. The Hall–Kier alpha value is -1.62. The van der Waals surface area contributed by atoms with Gasteiger partial charge in [0.05, 0.1) is 10.2 Å². The van der Waals surface area contributed by atoms with E-state index in [1.807, 2.05) is 0 Å². The number of hydrogen-bond donors (Lipinski definition) is 1. The van der Waals surface area contributed by atoms with Gasteiger partial charge in [0.2, 0.25) is 0 Å². The normalized spacial score (nSPS) is 10.4. The van der Waals surface area contributed by atoms with E-state index in [0.29, 0.717) is 17.1 Å². The number of aryl methyl sites for hydroxylation is 1. The van der Waals surface area contributed by atoms with Gasteiger partial charge in [0, 0.05) is 12.1 Å². The summed E-state index contributed by atoms with van der Waals surface area (Å²) in [5.41, 5.74) is 6.47. The van der Waals surface area contributed by atoms with Gasteiger partial charge in [-0.15, -0.1) is 0 Å². The molecule has 2 N–H and O–H groups in total. The molecule has 2 nitrogen and oxygen atoms in total. The highest BCUT2D eigenvalue weighted by atomic mass is 79.9. The number of halogens is 3. The van der Waals surface area contributed by atoms with E-state index < -0.39 is 5.82 Å². The minimum atomic E-state index is -0.462. The standard InChI is InChI=1S/C13H10BrF2NO/c1-7-4-8(15)2-3-12(7)18-13-5-9(14)10(16)6-11(13)17/h2-6H,17H2,1H3. The van der Waals surface area contributed by atoms with Gasteiger partial charge in [0.25, 0.3) is 0 Å². The van der Waals surface area contributed by atoms with Gasteiger partial charge in [0.15, 0.2) is 5.75 Å². The molecule has 0 saturated carbocycles. The molecular formula is C13H10BrF2NO.